The van der Waals surface area contributed by atoms with Crippen molar-refractivity contribution in [3.05, 3.63) is 59.4 Å². The van der Waals surface area contributed by atoms with E-state index in [1.165, 1.54) is 6.07 Å². The fourth-order valence-electron chi connectivity index (χ4n) is 1.63. The Morgan fingerprint density at radius 2 is 1.78 bits per heavy atom. The molecule has 0 saturated carbocycles. The topological polar surface area (TPSA) is 29.5 Å². The predicted octanol–water partition coefficient (Wildman–Crippen LogP) is 3.98. The van der Waals surface area contributed by atoms with Crippen LogP contribution in [0.2, 0.25) is 0 Å². The molecule has 0 heterocycles. The number of aliphatic hydroxyl groups is 1. The van der Waals surface area contributed by atoms with Crippen LogP contribution in [0.25, 0.3) is 0 Å². The minimum atomic E-state index is -0.519. The molecule has 0 unspecified atom stereocenters. The highest BCUT2D eigenvalue weighted by atomic mass is 19.1. The largest absolute Gasteiger partial charge is 0.454 e. The lowest BCUT2D eigenvalue weighted by Crippen LogP contribution is -1.92. The first-order valence-corrected chi connectivity index (χ1v) is 5.78. The van der Waals surface area contributed by atoms with E-state index in [-0.39, 0.29) is 11.6 Å². The molecule has 18 heavy (non-hydrogen) atoms. The molecular weight excluding hydrogens is 231 g/mol. The van der Waals surface area contributed by atoms with Crippen LogP contribution in [0, 0.1) is 12.7 Å². The second kappa shape index (κ2) is 5.19. The second-order valence-electron chi connectivity index (χ2n) is 4.28. The smallest absolute Gasteiger partial charge is 0.165 e. The number of rotatable bonds is 3. The molecule has 0 bridgehead atoms. The van der Waals surface area contributed by atoms with Crippen LogP contribution in [0.1, 0.15) is 24.2 Å². The summed E-state index contributed by atoms with van der Waals surface area (Å²) in [6.45, 7) is 3.57. The average molecular weight is 246 g/mol. The average Bonchev–Trinajstić information content (AvgIpc) is 2.34. The van der Waals surface area contributed by atoms with Crippen LogP contribution in [0.3, 0.4) is 0 Å². The standard InChI is InChI=1S/C15H15FO2/c1-10-3-8-14(16)15(9-10)18-13-6-4-12(5-7-13)11(2)17/h3-9,11,17H,1-2H3/t11-/m1/s1. The molecule has 2 rings (SSSR count). The zero-order chi connectivity index (χ0) is 13.1. The van der Waals surface area contributed by atoms with Crippen LogP contribution in [0.4, 0.5) is 4.39 Å². The van der Waals surface area contributed by atoms with Gasteiger partial charge in [-0.2, -0.15) is 0 Å². The molecule has 0 radical (unpaired) electrons. The van der Waals surface area contributed by atoms with Gasteiger partial charge in [0.05, 0.1) is 6.10 Å². The van der Waals surface area contributed by atoms with Crippen LogP contribution in [-0.2, 0) is 0 Å². The van der Waals surface area contributed by atoms with Crippen LogP contribution in [0.15, 0.2) is 42.5 Å². The van der Waals surface area contributed by atoms with Crippen molar-refractivity contribution in [1.29, 1.82) is 0 Å². The summed E-state index contributed by atoms with van der Waals surface area (Å²) in [4.78, 5) is 0. The van der Waals surface area contributed by atoms with Crippen molar-refractivity contribution < 1.29 is 14.2 Å². The van der Waals surface area contributed by atoms with Gasteiger partial charge in [-0.05, 0) is 49.2 Å². The van der Waals surface area contributed by atoms with E-state index in [2.05, 4.69) is 0 Å². The first kappa shape index (κ1) is 12.6. The summed E-state index contributed by atoms with van der Waals surface area (Å²) in [6.07, 6.45) is -0.519. The third-order valence-corrected chi connectivity index (χ3v) is 2.68. The summed E-state index contributed by atoms with van der Waals surface area (Å²) in [7, 11) is 0. The fourth-order valence-corrected chi connectivity index (χ4v) is 1.63. The molecule has 2 nitrogen and oxygen atoms in total. The van der Waals surface area contributed by atoms with Gasteiger partial charge in [-0.3, -0.25) is 0 Å². The number of halogens is 1. The van der Waals surface area contributed by atoms with Gasteiger partial charge < -0.3 is 9.84 Å². The molecule has 1 atom stereocenters. The van der Waals surface area contributed by atoms with Crippen molar-refractivity contribution >= 4 is 0 Å². The maximum atomic E-state index is 13.5. The lowest BCUT2D eigenvalue weighted by atomic mass is 10.1. The Hall–Kier alpha value is -1.87. The van der Waals surface area contributed by atoms with Crippen molar-refractivity contribution in [2.75, 3.05) is 0 Å². The third kappa shape index (κ3) is 2.87. The van der Waals surface area contributed by atoms with Gasteiger partial charge >= 0.3 is 0 Å². The number of aryl methyl sites for hydroxylation is 1. The Kier molecular flexibility index (Phi) is 3.63. The lowest BCUT2D eigenvalue weighted by Gasteiger charge is -2.09. The molecule has 0 fully saturated rings. The number of benzene rings is 2. The predicted molar refractivity (Wildman–Crippen MR) is 68.3 cm³/mol. The van der Waals surface area contributed by atoms with Gasteiger partial charge in [0.15, 0.2) is 11.6 Å². The molecular formula is C15H15FO2. The summed E-state index contributed by atoms with van der Waals surface area (Å²) < 4.78 is 19.0. The Morgan fingerprint density at radius 3 is 2.39 bits per heavy atom. The van der Waals surface area contributed by atoms with Crippen molar-refractivity contribution in [2.24, 2.45) is 0 Å². The molecule has 94 valence electrons. The monoisotopic (exact) mass is 246 g/mol. The number of hydrogen-bond donors (Lipinski definition) is 1. The van der Waals surface area contributed by atoms with Crippen LogP contribution in [-0.4, -0.2) is 5.11 Å². The van der Waals surface area contributed by atoms with E-state index in [0.717, 1.165) is 11.1 Å². The maximum Gasteiger partial charge on any atom is 0.165 e. The maximum absolute atomic E-state index is 13.5. The Bertz CT molecular complexity index is 533. The number of hydrogen-bond acceptors (Lipinski definition) is 2. The first-order valence-electron chi connectivity index (χ1n) is 5.78. The number of aliphatic hydroxyl groups excluding tert-OH is 1. The van der Waals surface area contributed by atoms with Crippen molar-refractivity contribution in [2.45, 2.75) is 20.0 Å². The Labute approximate surface area is 106 Å². The van der Waals surface area contributed by atoms with Gasteiger partial charge in [0.25, 0.3) is 0 Å². The zero-order valence-electron chi connectivity index (χ0n) is 10.4. The van der Waals surface area contributed by atoms with Crippen LogP contribution < -0.4 is 4.74 Å². The molecule has 0 saturated heterocycles. The number of ether oxygens (including phenoxy) is 1. The van der Waals surface area contributed by atoms with Crippen LogP contribution in [0.5, 0.6) is 11.5 Å². The Morgan fingerprint density at radius 1 is 1.11 bits per heavy atom. The summed E-state index contributed by atoms with van der Waals surface area (Å²) in [5, 5.41) is 9.38. The Balaban J connectivity index is 2.21. The highest BCUT2D eigenvalue weighted by molar-refractivity contribution is 5.36. The van der Waals surface area contributed by atoms with Gasteiger partial charge in [-0.15, -0.1) is 0 Å². The third-order valence-electron chi connectivity index (χ3n) is 2.68. The second-order valence-corrected chi connectivity index (χ2v) is 4.28. The van der Waals surface area contributed by atoms with Crippen molar-refractivity contribution in [1.82, 2.24) is 0 Å². The van der Waals surface area contributed by atoms with Gasteiger partial charge in [0.2, 0.25) is 0 Å². The summed E-state index contributed by atoms with van der Waals surface area (Å²) in [6, 6.07) is 11.7. The van der Waals surface area contributed by atoms with Crippen LogP contribution >= 0.6 is 0 Å². The van der Waals surface area contributed by atoms with Gasteiger partial charge in [0, 0.05) is 0 Å². The molecule has 0 aliphatic heterocycles. The minimum absolute atomic E-state index is 0.208. The summed E-state index contributed by atoms with van der Waals surface area (Å²) in [5.41, 5.74) is 1.74. The molecule has 0 amide bonds. The SMILES string of the molecule is Cc1ccc(F)c(Oc2ccc([C@@H](C)O)cc2)c1. The lowest BCUT2D eigenvalue weighted by molar-refractivity contribution is 0.199. The van der Waals surface area contributed by atoms with E-state index in [1.54, 1.807) is 43.3 Å². The van der Waals surface area contributed by atoms with E-state index < -0.39 is 6.10 Å². The summed E-state index contributed by atoms with van der Waals surface area (Å²) >= 11 is 0. The molecule has 0 aliphatic carbocycles. The molecule has 0 aliphatic rings. The van der Waals surface area contributed by atoms with E-state index in [9.17, 15) is 9.50 Å². The van der Waals surface area contributed by atoms with E-state index in [4.69, 9.17) is 4.74 Å². The quantitative estimate of drug-likeness (QED) is 0.887. The van der Waals surface area contributed by atoms with Gasteiger partial charge in [0.1, 0.15) is 5.75 Å². The highest BCUT2D eigenvalue weighted by Crippen LogP contribution is 2.26. The van der Waals surface area contributed by atoms with E-state index >= 15 is 0 Å². The highest BCUT2D eigenvalue weighted by Gasteiger charge is 2.06. The molecule has 0 spiro atoms. The molecule has 0 aromatic heterocycles. The molecule has 2 aromatic carbocycles. The first-order chi connectivity index (χ1) is 8.56. The molecule has 3 heteroatoms. The minimum Gasteiger partial charge on any atom is -0.454 e. The van der Waals surface area contributed by atoms with Gasteiger partial charge in [-0.25, -0.2) is 4.39 Å². The van der Waals surface area contributed by atoms with Crippen molar-refractivity contribution in [3.8, 4) is 11.5 Å². The normalized spacial score (nSPS) is 12.2. The molecule has 2 aromatic rings. The fraction of sp³-hybridized carbons (Fsp3) is 0.200. The zero-order valence-corrected chi connectivity index (χ0v) is 10.4. The van der Waals surface area contributed by atoms with Crippen molar-refractivity contribution in [3.63, 3.8) is 0 Å². The summed E-state index contributed by atoms with van der Waals surface area (Å²) in [5.74, 6) is 0.365. The van der Waals surface area contributed by atoms with E-state index in [0.29, 0.717) is 5.75 Å². The van der Waals surface area contributed by atoms with E-state index in [1.807, 2.05) is 6.92 Å². The molecule has 1 N–H and O–H groups in total. The van der Waals surface area contributed by atoms with Gasteiger partial charge in [-0.1, -0.05) is 18.2 Å².